The Morgan fingerprint density at radius 2 is 2.09 bits per heavy atom. The maximum Gasteiger partial charge on any atom is 0.338 e. The van der Waals surface area contributed by atoms with Crippen molar-refractivity contribution in [3.05, 3.63) is 65.1 Å². The number of ether oxygens (including phenoxy) is 2. The summed E-state index contributed by atoms with van der Waals surface area (Å²) in [4.78, 5) is 35.9. The molecule has 0 saturated carbocycles. The second-order valence-electron chi connectivity index (χ2n) is 8.27. The first-order valence-electron chi connectivity index (χ1n) is 10.7. The Kier molecular flexibility index (Phi) is 6.49. The van der Waals surface area contributed by atoms with Crippen LogP contribution in [0.4, 0.5) is 4.39 Å². The molecule has 2 atom stereocenters. The fourth-order valence-electron chi connectivity index (χ4n) is 4.29. The van der Waals surface area contributed by atoms with Crippen molar-refractivity contribution in [2.45, 2.75) is 18.5 Å². The molecular weight excluding hydrogens is 445 g/mol. The van der Waals surface area contributed by atoms with Gasteiger partial charge in [-0.2, -0.15) is 0 Å². The molecule has 2 aliphatic rings. The van der Waals surface area contributed by atoms with E-state index in [0.717, 1.165) is 0 Å². The molecule has 34 heavy (non-hydrogen) atoms. The lowest BCUT2D eigenvalue weighted by Crippen LogP contribution is -2.53. The number of imidazole rings is 1. The van der Waals surface area contributed by atoms with Crippen molar-refractivity contribution in [3.8, 4) is 0 Å². The third-order valence-corrected chi connectivity index (χ3v) is 6.11. The minimum absolute atomic E-state index is 0.0334. The number of carbonyl (C=O) groups excluding carboxylic acids is 1. The number of carbonyl (C=O) groups is 2. The number of aliphatic imine (C=N–C) groups is 1. The number of methoxy groups -OCH3 is 1. The molecule has 1 aromatic carbocycles. The van der Waals surface area contributed by atoms with Gasteiger partial charge in [0, 0.05) is 38.2 Å². The van der Waals surface area contributed by atoms with Gasteiger partial charge in [-0.05, 0) is 24.6 Å². The number of rotatable bonds is 6. The second kappa shape index (κ2) is 9.35. The number of aromatic nitrogens is 2. The molecule has 1 saturated heterocycles. The molecule has 10 nitrogen and oxygen atoms in total. The number of hydrogen-bond donors (Lipinski definition) is 2. The van der Waals surface area contributed by atoms with E-state index in [1.165, 1.54) is 19.2 Å². The van der Waals surface area contributed by atoms with Crippen LogP contribution in [-0.4, -0.2) is 76.8 Å². The molecule has 2 N–H and O–H groups in total. The molecular formula is C23H26FN5O5. The van der Waals surface area contributed by atoms with Crippen LogP contribution >= 0.6 is 0 Å². The fourth-order valence-corrected chi connectivity index (χ4v) is 4.29. The number of nitrogens with one attached hydrogen (secondary N) is 1. The van der Waals surface area contributed by atoms with Crippen LogP contribution in [0.25, 0.3) is 0 Å². The van der Waals surface area contributed by atoms with Gasteiger partial charge in [0.1, 0.15) is 17.4 Å². The lowest BCUT2D eigenvalue weighted by atomic mass is 9.82. The van der Waals surface area contributed by atoms with Crippen LogP contribution in [0.2, 0.25) is 0 Å². The van der Waals surface area contributed by atoms with Crippen LogP contribution in [-0.2, 0) is 31.6 Å². The molecule has 180 valence electrons. The number of morpholine rings is 1. The molecule has 11 heteroatoms. The summed E-state index contributed by atoms with van der Waals surface area (Å²) in [6, 6.07) is 4.85. The first kappa shape index (κ1) is 23.6. The number of hydrogen-bond acceptors (Lipinski definition) is 8. The van der Waals surface area contributed by atoms with E-state index in [0.29, 0.717) is 36.1 Å². The third kappa shape index (κ3) is 4.31. The Hall–Kier alpha value is -3.57. The lowest BCUT2D eigenvalue weighted by Gasteiger charge is -2.38. The van der Waals surface area contributed by atoms with Crippen LogP contribution < -0.4 is 5.32 Å². The topological polar surface area (TPSA) is 118 Å². The summed E-state index contributed by atoms with van der Waals surface area (Å²) in [6.07, 6.45) is 3.38. The number of carboxylic acid groups (broad SMARTS) is 1. The highest BCUT2D eigenvalue weighted by molar-refractivity contribution is 6.02. The van der Waals surface area contributed by atoms with Gasteiger partial charge in [0.2, 0.25) is 0 Å². The van der Waals surface area contributed by atoms with Gasteiger partial charge >= 0.3 is 11.9 Å². The van der Waals surface area contributed by atoms with Crippen LogP contribution in [0, 0.1) is 5.82 Å². The number of amidine groups is 1. The standard InChI is InChI=1S/C23H26FN5O5/c1-23(14-4-6-15(24)7-5-14)18(22(32)33-3)16(12-29-10-11-34-13-17(29)21(30)31)26-19(27-23)20-25-8-9-28(20)2/h4-9,17H,10-13H2,1-3H3,(H,26,27)(H,30,31)/t17-,23-/m0/s1. The Morgan fingerprint density at radius 1 is 1.35 bits per heavy atom. The zero-order valence-corrected chi connectivity index (χ0v) is 19.1. The predicted molar refractivity (Wildman–Crippen MR) is 119 cm³/mol. The number of benzene rings is 1. The number of aryl methyl sites for hydroxylation is 1. The minimum Gasteiger partial charge on any atom is -0.480 e. The Balaban J connectivity index is 1.88. The SMILES string of the molecule is COC(=O)C1=C(CN2CCOC[C@H]2C(=O)O)NC(c2nccn2C)=N[C@@]1(C)c1ccc(F)cc1. The van der Waals surface area contributed by atoms with Crippen molar-refractivity contribution in [1.29, 1.82) is 0 Å². The summed E-state index contributed by atoms with van der Waals surface area (Å²) in [5.41, 5.74) is -0.0555. The van der Waals surface area contributed by atoms with E-state index in [2.05, 4.69) is 10.3 Å². The van der Waals surface area contributed by atoms with Gasteiger partial charge in [-0.15, -0.1) is 0 Å². The maximum absolute atomic E-state index is 13.7. The van der Waals surface area contributed by atoms with Gasteiger partial charge in [-0.3, -0.25) is 9.69 Å². The van der Waals surface area contributed by atoms with E-state index < -0.39 is 29.3 Å². The fraction of sp³-hybridized carbons (Fsp3) is 0.391. The number of carboxylic acids is 1. The van der Waals surface area contributed by atoms with Crippen molar-refractivity contribution in [2.75, 3.05) is 33.4 Å². The molecule has 2 aliphatic heterocycles. The van der Waals surface area contributed by atoms with Gasteiger partial charge in [-0.25, -0.2) is 19.2 Å². The van der Waals surface area contributed by atoms with Crippen molar-refractivity contribution < 1.29 is 28.6 Å². The summed E-state index contributed by atoms with van der Waals surface area (Å²) in [5.74, 6) is -1.16. The Bertz CT molecular complexity index is 1160. The molecule has 0 bridgehead atoms. The summed E-state index contributed by atoms with van der Waals surface area (Å²) in [6.45, 7) is 2.60. The number of aliphatic carboxylic acids is 1. The molecule has 1 aromatic heterocycles. The van der Waals surface area contributed by atoms with E-state index in [9.17, 15) is 19.1 Å². The van der Waals surface area contributed by atoms with Gasteiger partial charge in [0.25, 0.3) is 0 Å². The normalized spacial score (nSPS) is 23.3. The molecule has 0 amide bonds. The van der Waals surface area contributed by atoms with E-state index in [1.54, 1.807) is 40.9 Å². The van der Waals surface area contributed by atoms with Gasteiger partial charge in [0.15, 0.2) is 11.7 Å². The smallest absolute Gasteiger partial charge is 0.338 e. The molecule has 0 unspecified atom stereocenters. The highest BCUT2D eigenvalue weighted by Gasteiger charge is 2.43. The van der Waals surface area contributed by atoms with Crippen molar-refractivity contribution in [2.24, 2.45) is 12.0 Å². The average Bonchev–Trinajstić information content (AvgIpc) is 3.25. The first-order valence-corrected chi connectivity index (χ1v) is 10.7. The van der Waals surface area contributed by atoms with Crippen LogP contribution in [0.15, 0.2) is 52.9 Å². The summed E-state index contributed by atoms with van der Waals surface area (Å²) < 4.78 is 26.0. The second-order valence-corrected chi connectivity index (χ2v) is 8.27. The zero-order chi connectivity index (χ0) is 24.5. The van der Waals surface area contributed by atoms with Crippen molar-refractivity contribution in [3.63, 3.8) is 0 Å². The molecule has 4 rings (SSSR count). The maximum atomic E-state index is 13.7. The Labute approximate surface area is 195 Å². The third-order valence-electron chi connectivity index (χ3n) is 6.11. The van der Waals surface area contributed by atoms with E-state index in [-0.39, 0.29) is 18.7 Å². The van der Waals surface area contributed by atoms with Gasteiger partial charge in [0.05, 0.1) is 25.9 Å². The van der Waals surface area contributed by atoms with Crippen molar-refractivity contribution in [1.82, 2.24) is 19.8 Å². The Morgan fingerprint density at radius 3 is 2.71 bits per heavy atom. The summed E-state index contributed by atoms with van der Waals surface area (Å²) in [5, 5.41) is 12.9. The van der Waals surface area contributed by atoms with Gasteiger partial charge < -0.3 is 24.5 Å². The molecule has 0 radical (unpaired) electrons. The van der Waals surface area contributed by atoms with Gasteiger partial charge in [-0.1, -0.05) is 12.1 Å². The van der Waals surface area contributed by atoms with E-state index in [4.69, 9.17) is 14.5 Å². The lowest BCUT2D eigenvalue weighted by molar-refractivity contribution is -0.149. The highest BCUT2D eigenvalue weighted by Crippen LogP contribution is 2.39. The molecule has 0 spiro atoms. The number of esters is 1. The van der Waals surface area contributed by atoms with Crippen LogP contribution in [0.1, 0.15) is 18.3 Å². The van der Waals surface area contributed by atoms with Crippen LogP contribution in [0.5, 0.6) is 0 Å². The summed E-state index contributed by atoms with van der Waals surface area (Å²) >= 11 is 0. The molecule has 3 heterocycles. The quantitative estimate of drug-likeness (QED) is 0.600. The largest absolute Gasteiger partial charge is 0.480 e. The highest BCUT2D eigenvalue weighted by atomic mass is 19.1. The average molecular weight is 471 g/mol. The predicted octanol–water partition coefficient (Wildman–Crippen LogP) is 1.04. The molecule has 1 fully saturated rings. The zero-order valence-electron chi connectivity index (χ0n) is 19.1. The minimum atomic E-state index is -1.26. The van der Waals surface area contributed by atoms with Crippen molar-refractivity contribution >= 4 is 17.8 Å². The number of nitrogens with zero attached hydrogens (tertiary/aromatic N) is 4. The molecule has 2 aromatic rings. The molecule has 0 aliphatic carbocycles. The van der Waals surface area contributed by atoms with E-state index in [1.807, 2.05) is 7.05 Å². The van der Waals surface area contributed by atoms with E-state index >= 15 is 0 Å². The summed E-state index contributed by atoms with van der Waals surface area (Å²) in [7, 11) is 3.08. The van der Waals surface area contributed by atoms with Crippen LogP contribution in [0.3, 0.4) is 0 Å². The number of halogens is 1. The first-order chi connectivity index (χ1) is 16.2. The monoisotopic (exact) mass is 471 g/mol.